The molecule has 11 heavy (non-hydrogen) atoms. The predicted octanol–water partition coefficient (Wildman–Crippen LogP) is 0.525. The second-order valence-corrected chi connectivity index (χ2v) is 2.75. The molecule has 1 heterocycles. The fraction of sp³-hybridized carbons (Fsp3) is 0. The van der Waals surface area contributed by atoms with Gasteiger partial charge in [-0.2, -0.15) is 0 Å². The number of carbonyl (C=O) groups is 1. The fourth-order valence-electron chi connectivity index (χ4n) is 0.643. The summed E-state index contributed by atoms with van der Waals surface area (Å²) in [6.45, 7) is 0. The third kappa shape index (κ3) is 1.68. The highest BCUT2D eigenvalue weighted by molar-refractivity contribution is 9.10. The van der Waals surface area contributed by atoms with Crippen LogP contribution < -0.4 is 11.5 Å². The van der Waals surface area contributed by atoms with Gasteiger partial charge in [0.05, 0.1) is 5.69 Å². The molecule has 4 N–H and O–H groups in total. The summed E-state index contributed by atoms with van der Waals surface area (Å²) < 4.78 is 0.542. The first-order valence-corrected chi connectivity index (χ1v) is 3.62. The van der Waals surface area contributed by atoms with Crippen LogP contribution in [0.5, 0.6) is 0 Å². The lowest BCUT2D eigenvalue weighted by Crippen LogP contribution is -2.15. The Morgan fingerprint density at radius 3 is 2.64 bits per heavy atom. The fourth-order valence-corrected chi connectivity index (χ4v) is 0.953. The Hall–Kier alpha value is -1.10. The van der Waals surface area contributed by atoms with Crippen LogP contribution in [0.2, 0.25) is 0 Å². The quantitative estimate of drug-likeness (QED) is 0.671. The van der Waals surface area contributed by atoms with E-state index in [9.17, 15) is 4.79 Å². The Bertz CT molecular complexity index is 300. The van der Waals surface area contributed by atoms with Gasteiger partial charge in [0.25, 0.3) is 5.91 Å². The van der Waals surface area contributed by atoms with E-state index >= 15 is 0 Å². The van der Waals surface area contributed by atoms with E-state index < -0.39 is 5.91 Å². The van der Waals surface area contributed by atoms with Crippen LogP contribution in [0.25, 0.3) is 0 Å². The molecule has 0 aliphatic carbocycles. The zero-order chi connectivity index (χ0) is 8.43. The molecule has 0 radical (unpaired) electrons. The van der Waals surface area contributed by atoms with Crippen molar-refractivity contribution in [2.45, 2.75) is 0 Å². The molecule has 1 aromatic rings. The third-order valence-electron chi connectivity index (χ3n) is 1.13. The highest BCUT2D eigenvalue weighted by Gasteiger charge is 2.06. The number of nitrogen functional groups attached to an aromatic ring is 1. The van der Waals surface area contributed by atoms with Crippen LogP contribution in [0.15, 0.2) is 16.7 Å². The van der Waals surface area contributed by atoms with E-state index in [0.717, 1.165) is 0 Å². The van der Waals surface area contributed by atoms with Crippen molar-refractivity contribution < 1.29 is 4.79 Å². The van der Waals surface area contributed by atoms with Crippen molar-refractivity contribution in [3.8, 4) is 0 Å². The van der Waals surface area contributed by atoms with E-state index in [1.54, 1.807) is 12.1 Å². The van der Waals surface area contributed by atoms with Crippen molar-refractivity contribution in [3.05, 3.63) is 22.4 Å². The summed E-state index contributed by atoms with van der Waals surface area (Å²) in [5.74, 6) is -0.621. The van der Waals surface area contributed by atoms with Gasteiger partial charge in [-0.15, -0.1) is 0 Å². The third-order valence-corrected chi connectivity index (χ3v) is 1.57. The molecule has 0 unspecified atom stereocenters. The van der Waals surface area contributed by atoms with Gasteiger partial charge in [-0.05, 0) is 28.1 Å². The summed E-state index contributed by atoms with van der Waals surface area (Å²) in [6, 6.07) is 3.21. The van der Waals surface area contributed by atoms with Crippen molar-refractivity contribution in [3.63, 3.8) is 0 Å². The number of halogens is 1. The minimum atomic E-state index is -0.621. The van der Waals surface area contributed by atoms with Crippen LogP contribution in [0.1, 0.15) is 10.5 Å². The van der Waals surface area contributed by atoms with Crippen molar-refractivity contribution in [2.75, 3.05) is 5.73 Å². The lowest BCUT2D eigenvalue weighted by Gasteiger charge is -1.99. The van der Waals surface area contributed by atoms with Gasteiger partial charge in [0.1, 0.15) is 4.60 Å². The van der Waals surface area contributed by atoms with Gasteiger partial charge >= 0.3 is 0 Å². The van der Waals surface area contributed by atoms with Gasteiger partial charge < -0.3 is 11.5 Å². The van der Waals surface area contributed by atoms with E-state index in [1.807, 2.05) is 0 Å². The van der Waals surface area contributed by atoms with Crippen LogP contribution >= 0.6 is 15.9 Å². The molecule has 0 fully saturated rings. The number of nitrogens with zero attached hydrogens (tertiary/aromatic N) is 1. The molecule has 1 aromatic heterocycles. The highest BCUT2D eigenvalue weighted by atomic mass is 79.9. The number of rotatable bonds is 1. The molecule has 0 atom stereocenters. The van der Waals surface area contributed by atoms with Crippen molar-refractivity contribution in [1.82, 2.24) is 4.98 Å². The number of nitrogens with two attached hydrogens (primary N) is 2. The van der Waals surface area contributed by atoms with Crippen molar-refractivity contribution >= 4 is 27.5 Å². The van der Waals surface area contributed by atoms with Crippen LogP contribution in [0, 0.1) is 0 Å². The summed E-state index contributed by atoms with van der Waals surface area (Å²) in [5.41, 5.74) is 10.8. The lowest BCUT2D eigenvalue weighted by atomic mass is 10.3. The van der Waals surface area contributed by atoms with E-state index in [0.29, 0.717) is 10.3 Å². The van der Waals surface area contributed by atoms with Gasteiger partial charge in [0, 0.05) is 0 Å². The Balaban J connectivity index is 3.23. The average molecular weight is 216 g/mol. The summed E-state index contributed by atoms with van der Waals surface area (Å²) >= 11 is 3.09. The van der Waals surface area contributed by atoms with Crippen LogP contribution in [0.3, 0.4) is 0 Å². The number of amides is 1. The number of anilines is 1. The number of hydrogen-bond acceptors (Lipinski definition) is 3. The summed E-state index contributed by atoms with van der Waals surface area (Å²) in [6.07, 6.45) is 0. The number of pyridine rings is 1. The second kappa shape index (κ2) is 2.87. The van der Waals surface area contributed by atoms with Crippen LogP contribution in [-0.4, -0.2) is 10.9 Å². The molecule has 1 rings (SSSR count). The predicted molar refractivity (Wildman–Crippen MR) is 44.9 cm³/mol. The van der Waals surface area contributed by atoms with Gasteiger partial charge in [0.15, 0.2) is 5.69 Å². The molecule has 4 nitrogen and oxygen atoms in total. The van der Waals surface area contributed by atoms with E-state index in [1.165, 1.54) is 0 Å². The molecular formula is C6H6BrN3O. The number of primary amides is 1. The van der Waals surface area contributed by atoms with Gasteiger partial charge in [-0.25, -0.2) is 4.98 Å². The number of carbonyl (C=O) groups excluding carboxylic acids is 1. The SMILES string of the molecule is NC(=O)c1nc(Br)ccc1N. The maximum atomic E-state index is 10.6. The molecule has 58 valence electrons. The smallest absolute Gasteiger partial charge is 0.269 e. The molecular weight excluding hydrogens is 210 g/mol. The first-order valence-electron chi connectivity index (χ1n) is 2.83. The Morgan fingerprint density at radius 2 is 2.18 bits per heavy atom. The van der Waals surface area contributed by atoms with Gasteiger partial charge in [-0.1, -0.05) is 0 Å². The maximum absolute atomic E-state index is 10.6. The standard InChI is InChI=1S/C6H6BrN3O/c7-4-2-1-3(8)5(10-4)6(9)11/h1-2H,8H2,(H2,9,11). The van der Waals surface area contributed by atoms with Gasteiger partial charge in [-0.3, -0.25) is 4.79 Å². The van der Waals surface area contributed by atoms with Crippen molar-refractivity contribution in [2.24, 2.45) is 5.73 Å². The Labute approximate surface area is 71.7 Å². The topological polar surface area (TPSA) is 82.0 Å². The number of hydrogen-bond donors (Lipinski definition) is 2. The normalized spacial score (nSPS) is 9.55. The van der Waals surface area contributed by atoms with Crippen LogP contribution in [-0.2, 0) is 0 Å². The molecule has 0 saturated heterocycles. The monoisotopic (exact) mass is 215 g/mol. The van der Waals surface area contributed by atoms with Crippen LogP contribution in [0.4, 0.5) is 5.69 Å². The van der Waals surface area contributed by atoms with E-state index in [2.05, 4.69) is 20.9 Å². The first-order chi connectivity index (χ1) is 5.11. The minimum absolute atomic E-state index is 0.0966. The summed E-state index contributed by atoms with van der Waals surface area (Å²) in [4.78, 5) is 14.4. The second-order valence-electron chi connectivity index (χ2n) is 1.94. The zero-order valence-electron chi connectivity index (χ0n) is 5.54. The Morgan fingerprint density at radius 1 is 1.55 bits per heavy atom. The summed E-state index contributed by atoms with van der Waals surface area (Å²) in [5, 5.41) is 0. The molecule has 1 amide bonds. The molecule has 0 saturated carbocycles. The van der Waals surface area contributed by atoms with E-state index in [-0.39, 0.29) is 5.69 Å². The molecule has 0 aliphatic heterocycles. The van der Waals surface area contributed by atoms with Gasteiger partial charge in [0.2, 0.25) is 0 Å². The summed E-state index contributed by atoms with van der Waals surface area (Å²) in [7, 11) is 0. The maximum Gasteiger partial charge on any atom is 0.269 e. The highest BCUT2D eigenvalue weighted by Crippen LogP contribution is 2.12. The lowest BCUT2D eigenvalue weighted by molar-refractivity contribution is 0.0996. The molecule has 0 spiro atoms. The average Bonchev–Trinajstić information content (AvgIpc) is 1.94. The molecule has 0 aromatic carbocycles. The molecule has 0 aliphatic rings. The Kier molecular flexibility index (Phi) is 2.09. The zero-order valence-corrected chi connectivity index (χ0v) is 7.13. The molecule has 0 bridgehead atoms. The minimum Gasteiger partial charge on any atom is -0.397 e. The molecule has 5 heteroatoms. The number of aromatic nitrogens is 1. The van der Waals surface area contributed by atoms with E-state index in [4.69, 9.17) is 11.5 Å². The van der Waals surface area contributed by atoms with Crippen molar-refractivity contribution in [1.29, 1.82) is 0 Å². The largest absolute Gasteiger partial charge is 0.397 e. The first kappa shape index (κ1) is 8.00.